The standard InChI is InChI=1S/C18H15N3O2/c1-22-15-4-5-17-14(9-15)10-16(21-8-7-20-12-21)18(23-17)13-3-2-6-19-11-13/h2-12,18H,1H3. The smallest absolute Gasteiger partial charge is 0.166 e. The van der Waals surface area contributed by atoms with E-state index in [0.29, 0.717) is 0 Å². The van der Waals surface area contributed by atoms with Crippen LogP contribution in [-0.2, 0) is 0 Å². The van der Waals surface area contributed by atoms with Crippen LogP contribution in [-0.4, -0.2) is 21.6 Å². The van der Waals surface area contributed by atoms with E-state index in [0.717, 1.165) is 28.3 Å². The van der Waals surface area contributed by atoms with Gasteiger partial charge in [-0.2, -0.15) is 0 Å². The molecular formula is C18H15N3O2. The van der Waals surface area contributed by atoms with Crippen LogP contribution in [0.4, 0.5) is 0 Å². The molecular weight excluding hydrogens is 290 g/mol. The predicted molar refractivity (Wildman–Crippen MR) is 87.0 cm³/mol. The number of methoxy groups -OCH3 is 1. The number of ether oxygens (including phenoxy) is 2. The first-order valence-corrected chi connectivity index (χ1v) is 7.30. The zero-order valence-corrected chi connectivity index (χ0v) is 12.6. The van der Waals surface area contributed by atoms with Crippen LogP contribution in [0.1, 0.15) is 17.2 Å². The fourth-order valence-corrected chi connectivity index (χ4v) is 2.69. The Morgan fingerprint density at radius 2 is 2.13 bits per heavy atom. The molecule has 1 aromatic carbocycles. The van der Waals surface area contributed by atoms with E-state index in [2.05, 4.69) is 16.0 Å². The van der Waals surface area contributed by atoms with E-state index in [-0.39, 0.29) is 6.10 Å². The number of fused-ring (bicyclic) bond motifs is 1. The van der Waals surface area contributed by atoms with Gasteiger partial charge in [0.25, 0.3) is 0 Å². The van der Waals surface area contributed by atoms with Gasteiger partial charge < -0.3 is 14.0 Å². The fourth-order valence-electron chi connectivity index (χ4n) is 2.69. The van der Waals surface area contributed by atoms with E-state index in [1.807, 2.05) is 47.3 Å². The van der Waals surface area contributed by atoms with E-state index in [4.69, 9.17) is 9.47 Å². The van der Waals surface area contributed by atoms with Crippen molar-refractivity contribution in [2.45, 2.75) is 6.10 Å². The molecule has 1 unspecified atom stereocenters. The number of pyridine rings is 1. The minimum absolute atomic E-state index is 0.237. The average molecular weight is 305 g/mol. The molecule has 0 saturated carbocycles. The zero-order chi connectivity index (χ0) is 15.6. The lowest BCUT2D eigenvalue weighted by atomic mass is 10.0. The summed E-state index contributed by atoms with van der Waals surface area (Å²) in [5.74, 6) is 1.62. The molecule has 1 atom stereocenters. The summed E-state index contributed by atoms with van der Waals surface area (Å²) in [5.41, 5.74) is 2.96. The lowest BCUT2D eigenvalue weighted by Gasteiger charge is -2.28. The van der Waals surface area contributed by atoms with E-state index < -0.39 is 0 Å². The topological polar surface area (TPSA) is 49.2 Å². The van der Waals surface area contributed by atoms with Crippen molar-refractivity contribution in [1.82, 2.24) is 14.5 Å². The molecule has 0 amide bonds. The predicted octanol–water partition coefficient (Wildman–Crippen LogP) is 3.42. The van der Waals surface area contributed by atoms with Crippen LogP contribution >= 0.6 is 0 Å². The molecule has 1 aliphatic rings. The minimum atomic E-state index is -0.237. The number of benzene rings is 1. The third-order valence-corrected chi connectivity index (χ3v) is 3.82. The molecule has 1 aliphatic heterocycles. The Morgan fingerprint density at radius 1 is 1.17 bits per heavy atom. The summed E-state index contributed by atoms with van der Waals surface area (Å²) in [7, 11) is 1.66. The maximum atomic E-state index is 6.24. The molecule has 2 aromatic heterocycles. The van der Waals surface area contributed by atoms with Crippen LogP contribution in [0.2, 0.25) is 0 Å². The molecule has 5 heteroatoms. The van der Waals surface area contributed by atoms with Crippen LogP contribution < -0.4 is 9.47 Å². The van der Waals surface area contributed by atoms with Crippen LogP contribution in [0.3, 0.4) is 0 Å². The van der Waals surface area contributed by atoms with Crippen LogP contribution in [0.5, 0.6) is 11.5 Å². The maximum Gasteiger partial charge on any atom is 0.166 e. The Balaban J connectivity index is 1.85. The summed E-state index contributed by atoms with van der Waals surface area (Å²) in [6, 6.07) is 9.71. The molecule has 5 nitrogen and oxygen atoms in total. The molecule has 3 aromatic rings. The minimum Gasteiger partial charge on any atom is -0.497 e. The summed E-state index contributed by atoms with van der Waals surface area (Å²) in [6.45, 7) is 0. The Hall–Kier alpha value is -3.08. The van der Waals surface area contributed by atoms with Crippen molar-refractivity contribution >= 4 is 11.8 Å². The van der Waals surface area contributed by atoms with E-state index in [9.17, 15) is 0 Å². The van der Waals surface area contributed by atoms with Gasteiger partial charge >= 0.3 is 0 Å². The first kappa shape index (κ1) is 13.6. The molecule has 0 aliphatic carbocycles. The number of nitrogens with zero attached hydrogens (tertiary/aromatic N) is 3. The molecule has 0 fully saturated rings. The summed E-state index contributed by atoms with van der Waals surface area (Å²) in [6.07, 6.45) is 10.9. The Labute approximate surface area is 133 Å². The molecule has 3 heterocycles. The van der Waals surface area contributed by atoms with Crippen molar-refractivity contribution in [3.63, 3.8) is 0 Å². The Bertz CT molecular complexity index is 842. The van der Waals surface area contributed by atoms with Crippen molar-refractivity contribution in [3.05, 3.63) is 72.6 Å². The molecule has 0 saturated heterocycles. The highest BCUT2D eigenvalue weighted by molar-refractivity contribution is 5.79. The molecule has 0 bridgehead atoms. The third kappa shape index (κ3) is 2.46. The van der Waals surface area contributed by atoms with Crippen molar-refractivity contribution in [2.75, 3.05) is 7.11 Å². The second-order valence-corrected chi connectivity index (χ2v) is 5.23. The second kappa shape index (κ2) is 5.61. The van der Waals surface area contributed by atoms with E-state index in [1.54, 1.807) is 25.8 Å². The van der Waals surface area contributed by atoms with Gasteiger partial charge in [0.05, 0.1) is 19.1 Å². The van der Waals surface area contributed by atoms with Gasteiger partial charge in [-0.15, -0.1) is 0 Å². The van der Waals surface area contributed by atoms with Gasteiger partial charge in [-0.05, 0) is 30.3 Å². The normalized spacial score (nSPS) is 16.2. The maximum absolute atomic E-state index is 6.24. The molecule has 114 valence electrons. The highest BCUT2D eigenvalue weighted by Crippen LogP contribution is 2.40. The van der Waals surface area contributed by atoms with Gasteiger partial charge in [0.2, 0.25) is 0 Å². The van der Waals surface area contributed by atoms with Crippen LogP contribution in [0.25, 0.3) is 11.8 Å². The zero-order valence-electron chi connectivity index (χ0n) is 12.6. The summed E-state index contributed by atoms with van der Waals surface area (Å²) in [5, 5.41) is 0. The number of aromatic nitrogens is 3. The summed E-state index contributed by atoms with van der Waals surface area (Å²) in [4.78, 5) is 8.35. The van der Waals surface area contributed by atoms with Gasteiger partial charge in [-0.25, -0.2) is 4.98 Å². The average Bonchev–Trinajstić information content (AvgIpc) is 3.15. The molecule has 0 spiro atoms. The lowest BCUT2D eigenvalue weighted by molar-refractivity contribution is 0.253. The Morgan fingerprint density at radius 3 is 2.87 bits per heavy atom. The van der Waals surface area contributed by atoms with Gasteiger partial charge in [0.15, 0.2) is 6.10 Å². The quantitative estimate of drug-likeness (QED) is 0.744. The molecule has 23 heavy (non-hydrogen) atoms. The summed E-state index contributed by atoms with van der Waals surface area (Å²) < 4.78 is 13.5. The molecule has 4 rings (SSSR count). The fraction of sp³-hybridized carbons (Fsp3) is 0.111. The molecule has 0 N–H and O–H groups in total. The highest BCUT2D eigenvalue weighted by Gasteiger charge is 2.26. The number of imidazole rings is 1. The first-order valence-electron chi connectivity index (χ1n) is 7.30. The molecule has 0 radical (unpaired) electrons. The van der Waals surface area contributed by atoms with E-state index >= 15 is 0 Å². The van der Waals surface area contributed by atoms with Crippen LogP contribution in [0, 0.1) is 0 Å². The van der Waals surface area contributed by atoms with Gasteiger partial charge in [0.1, 0.15) is 11.5 Å². The highest BCUT2D eigenvalue weighted by atomic mass is 16.5. The lowest BCUT2D eigenvalue weighted by Crippen LogP contribution is -2.17. The Kier molecular flexibility index (Phi) is 3.31. The van der Waals surface area contributed by atoms with E-state index in [1.165, 1.54) is 0 Å². The first-order chi connectivity index (χ1) is 11.3. The van der Waals surface area contributed by atoms with Crippen molar-refractivity contribution in [3.8, 4) is 11.5 Å². The largest absolute Gasteiger partial charge is 0.497 e. The number of hydrogen-bond donors (Lipinski definition) is 0. The number of rotatable bonds is 3. The third-order valence-electron chi connectivity index (χ3n) is 3.82. The van der Waals surface area contributed by atoms with Crippen molar-refractivity contribution in [2.24, 2.45) is 0 Å². The second-order valence-electron chi connectivity index (χ2n) is 5.23. The van der Waals surface area contributed by atoms with Gasteiger partial charge in [0, 0.05) is 35.9 Å². The van der Waals surface area contributed by atoms with Gasteiger partial charge in [-0.1, -0.05) is 6.07 Å². The monoisotopic (exact) mass is 305 g/mol. The van der Waals surface area contributed by atoms with Crippen molar-refractivity contribution in [1.29, 1.82) is 0 Å². The summed E-state index contributed by atoms with van der Waals surface area (Å²) >= 11 is 0. The van der Waals surface area contributed by atoms with Crippen LogP contribution in [0.15, 0.2) is 61.4 Å². The SMILES string of the molecule is COc1ccc2c(c1)C=C(n1ccnc1)C(c1cccnc1)O2. The van der Waals surface area contributed by atoms with Crippen molar-refractivity contribution < 1.29 is 9.47 Å². The number of hydrogen-bond acceptors (Lipinski definition) is 4. The van der Waals surface area contributed by atoms with Gasteiger partial charge in [-0.3, -0.25) is 4.98 Å².